The summed E-state index contributed by atoms with van der Waals surface area (Å²) >= 11 is 6.05. The first-order valence-electron chi connectivity index (χ1n) is 13.6. The molecule has 3 aromatic carbocycles. The van der Waals surface area contributed by atoms with Crippen molar-refractivity contribution >= 4 is 51.8 Å². The molecule has 0 saturated carbocycles. The van der Waals surface area contributed by atoms with E-state index in [1.807, 2.05) is 68.6 Å². The summed E-state index contributed by atoms with van der Waals surface area (Å²) in [5.41, 5.74) is 4.22. The number of urea groups is 2. The first kappa shape index (κ1) is 28.0. The summed E-state index contributed by atoms with van der Waals surface area (Å²) < 4.78 is 0. The number of fused-ring (bicyclic) bond motifs is 1. The Bertz CT molecular complexity index is 1550. The molecule has 4 aromatic rings. The molecule has 5 rings (SSSR count). The van der Waals surface area contributed by atoms with Crippen LogP contribution in [0.15, 0.2) is 79.0 Å². The Morgan fingerprint density at radius 2 is 1.76 bits per heavy atom. The number of aromatic nitrogens is 1. The Morgan fingerprint density at radius 1 is 0.976 bits per heavy atom. The van der Waals surface area contributed by atoms with Crippen LogP contribution in [0.2, 0.25) is 5.02 Å². The fraction of sp³-hybridized carbons (Fsp3) is 0.258. The third kappa shape index (κ3) is 6.81. The molecule has 212 valence electrons. The third-order valence-corrected chi connectivity index (χ3v) is 7.52. The standard InChI is InChI=1S/C31H33ClN6O3/c1-20-10-12-24(13-11-20)34-30(40)36-28(16-22-18-33-27-9-4-3-8-26(22)27)29(39)37-14-15-38(21(2)19-37)31(41)35-25-7-5-6-23(32)17-25/h3-13,17-18,21,28,33H,14-16,19H2,1-2H3,(H,35,41)(H2,34,36,40). The molecule has 1 aliphatic rings. The number of halogens is 1. The number of H-pyrrole nitrogens is 1. The number of amides is 5. The van der Waals surface area contributed by atoms with Crippen LogP contribution in [0.3, 0.4) is 0 Å². The maximum absolute atomic E-state index is 13.9. The second-order valence-electron chi connectivity index (χ2n) is 10.3. The van der Waals surface area contributed by atoms with E-state index >= 15 is 0 Å². The monoisotopic (exact) mass is 572 g/mol. The first-order valence-corrected chi connectivity index (χ1v) is 14.0. The van der Waals surface area contributed by atoms with E-state index in [0.29, 0.717) is 42.5 Å². The zero-order valence-corrected chi connectivity index (χ0v) is 23.7. The molecule has 1 aliphatic heterocycles. The van der Waals surface area contributed by atoms with Gasteiger partial charge in [0.05, 0.1) is 0 Å². The van der Waals surface area contributed by atoms with Gasteiger partial charge in [0.15, 0.2) is 0 Å². The van der Waals surface area contributed by atoms with Crippen LogP contribution in [-0.2, 0) is 11.2 Å². The molecule has 1 saturated heterocycles. The van der Waals surface area contributed by atoms with Gasteiger partial charge in [-0.25, -0.2) is 9.59 Å². The molecule has 0 bridgehead atoms. The van der Waals surface area contributed by atoms with Crippen LogP contribution in [0.4, 0.5) is 21.0 Å². The molecule has 4 N–H and O–H groups in total. The van der Waals surface area contributed by atoms with E-state index in [2.05, 4.69) is 20.9 Å². The highest BCUT2D eigenvalue weighted by Crippen LogP contribution is 2.21. The highest BCUT2D eigenvalue weighted by molar-refractivity contribution is 6.30. The van der Waals surface area contributed by atoms with Gasteiger partial charge in [-0.1, -0.05) is 53.6 Å². The second kappa shape index (κ2) is 12.3. The highest BCUT2D eigenvalue weighted by atomic mass is 35.5. The van der Waals surface area contributed by atoms with Crippen LogP contribution < -0.4 is 16.0 Å². The number of hydrogen-bond acceptors (Lipinski definition) is 3. The summed E-state index contributed by atoms with van der Waals surface area (Å²) in [6, 6.07) is 20.5. The number of carbonyl (C=O) groups is 3. The van der Waals surface area contributed by atoms with Crippen molar-refractivity contribution in [2.75, 3.05) is 30.3 Å². The van der Waals surface area contributed by atoms with Crippen molar-refractivity contribution in [3.63, 3.8) is 0 Å². The van der Waals surface area contributed by atoms with Crippen molar-refractivity contribution in [1.29, 1.82) is 0 Å². The van der Waals surface area contributed by atoms with E-state index in [-0.39, 0.29) is 18.0 Å². The molecule has 2 atom stereocenters. The van der Waals surface area contributed by atoms with E-state index in [1.165, 1.54) is 0 Å². The zero-order valence-electron chi connectivity index (χ0n) is 23.0. The van der Waals surface area contributed by atoms with Gasteiger partial charge in [-0.15, -0.1) is 0 Å². The molecule has 1 aromatic heterocycles. The SMILES string of the molecule is Cc1ccc(NC(=O)NC(Cc2c[nH]c3ccccc23)C(=O)N2CCN(C(=O)Nc3cccc(Cl)c3)C(C)C2)cc1. The minimum Gasteiger partial charge on any atom is -0.361 e. The quantitative estimate of drug-likeness (QED) is 0.240. The number of rotatable bonds is 6. The molecule has 1 fully saturated rings. The van der Waals surface area contributed by atoms with Crippen molar-refractivity contribution in [3.05, 3.63) is 95.1 Å². The Kier molecular flexibility index (Phi) is 8.45. The summed E-state index contributed by atoms with van der Waals surface area (Å²) in [5.74, 6) is -0.198. The van der Waals surface area contributed by atoms with Gasteiger partial charge in [0.2, 0.25) is 5.91 Å². The number of carbonyl (C=O) groups excluding carboxylic acids is 3. The molecular weight excluding hydrogens is 540 g/mol. The molecule has 41 heavy (non-hydrogen) atoms. The summed E-state index contributed by atoms with van der Waals surface area (Å²) in [6.07, 6.45) is 2.19. The minimum atomic E-state index is -0.807. The van der Waals surface area contributed by atoms with Gasteiger partial charge in [-0.3, -0.25) is 4.79 Å². The van der Waals surface area contributed by atoms with Gasteiger partial charge in [-0.2, -0.15) is 0 Å². The van der Waals surface area contributed by atoms with E-state index in [9.17, 15) is 14.4 Å². The van der Waals surface area contributed by atoms with E-state index in [1.54, 1.807) is 34.1 Å². The molecule has 10 heteroatoms. The third-order valence-electron chi connectivity index (χ3n) is 7.29. The molecule has 5 amide bonds. The predicted molar refractivity (Wildman–Crippen MR) is 162 cm³/mol. The molecule has 0 spiro atoms. The number of hydrogen-bond donors (Lipinski definition) is 4. The summed E-state index contributed by atoms with van der Waals surface area (Å²) in [6.45, 7) is 4.92. The number of nitrogens with one attached hydrogen (secondary N) is 4. The van der Waals surface area contributed by atoms with Gasteiger partial charge < -0.3 is 30.7 Å². The maximum Gasteiger partial charge on any atom is 0.322 e. The number of piperazine rings is 1. The molecule has 2 unspecified atom stereocenters. The number of anilines is 2. The smallest absolute Gasteiger partial charge is 0.322 e. The molecule has 2 heterocycles. The lowest BCUT2D eigenvalue weighted by Gasteiger charge is -2.41. The lowest BCUT2D eigenvalue weighted by Crippen LogP contribution is -2.60. The van der Waals surface area contributed by atoms with Crippen LogP contribution >= 0.6 is 11.6 Å². The van der Waals surface area contributed by atoms with Crippen LogP contribution in [-0.4, -0.2) is 64.5 Å². The molecule has 0 aliphatic carbocycles. The van der Waals surface area contributed by atoms with Gasteiger partial charge in [-0.05, 0) is 55.8 Å². The topological polar surface area (TPSA) is 110 Å². The van der Waals surface area contributed by atoms with E-state index in [0.717, 1.165) is 22.0 Å². The molecular formula is C31H33ClN6O3. The minimum absolute atomic E-state index is 0.198. The molecule has 0 radical (unpaired) electrons. The average Bonchev–Trinajstić information content (AvgIpc) is 3.36. The van der Waals surface area contributed by atoms with Gasteiger partial charge in [0.25, 0.3) is 0 Å². The van der Waals surface area contributed by atoms with Crippen LogP contribution in [0, 0.1) is 6.92 Å². The number of nitrogens with zero attached hydrogens (tertiary/aromatic N) is 2. The Balaban J connectivity index is 1.29. The predicted octanol–water partition coefficient (Wildman–Crippen LogP) is 5.63. The number of benzene rings is 3. The average molecular weight is 573 g/mol. The summed E-state index contributed by atoms with van der Waals surface area (Å²) in [7, 11) is 0. The highest BCUT2D eigenvalue weighted by Gasteiger charge is 2.34. The van der Waals surface area contributed by atoms with E-state index < -0.39 is 12.1 Å². The lowest BCUT2D eigenvalue weighted by molar-refractivity contribution is -0.135. The van der Waals surface area contributed by atoms with Gasteiger partial charge >= 0.3 is 12.1 Å². The zero-order chi connectivity index (χ0) is 28.9. The van der Waals surface area contributed by atoms with Crippen LogP contribution in [0.25, 0.3) is 10.9 Å². The maximum atomic E-state index is 13.9. The summed E-state index contributed by atoms with van der Waals surface area (Å²) in [4.78, 5) is 46.6. The fourth-order valence-corrected chi connectivity index (χ4v) is 5.31. The second-order valence-corrected chi connectivity index (χ2v) is 10.8. The number of para-hydroxylation sites is 1. The molecule has 9 nitrogen and oxygen atoms in total. The Labute approximate surface area is 243 Å². The van der Waals surface area contributed by atoms with Gasteiger partial charge in [0, 0.05) is 65.6 Å². The van der Waals surface area contributed by atoms with Crippen molar-refractivity contribution in [3.8, 4) is 0 Å². The van der Waals surface area contributed by atoms with Crippen LogP contribution in [0.5, 0.6) is 0 Å². The Morgan fingerprint density at radius 3 is 2.51 bits per heavy atom. The normalized spacial score (nSPS) is 15.8. The largest absolute Gasteiger partial charge is 0.361 e. The van der Waals surface area contributed by atoms with Gasteiger partial charge in [0.1, 0.15) is 6.04 Å². The number of aromatic amines is 1. The van der Waals surface area contributed by atoms with Crippen molar-refractivity contribution < 1.29 is 14.4 Å². The van der Waals surface area contributed by atoms with Crippen LogP contribution in [0.1, 0.15) is 18.1 Å². The first-order chi connectivity index (χ1) is 19.8. The number of aryl methyl sites for hydroxylation is 1. The van der Waals surface area contributed by atoms with E-state index in [4.69, 9.17) is 11.6 Å². The van der Waals surface area contributed by atoms with Crippen molar-refractivity contribution in [2.24, 2.45) is 0 Å². The van der Waals surface area contributed by atoms with Crippen molar-refractivity contribution in [2.45, 2.75) is 32.4 Å². The van der Waals surface area contributed by atoms with Crippen molar-refractivity contribution in [1.82, 2.24) is 20.1 Å². The fourth-order valence-electron chi connectivity index (χ4n) is 5.12. The lowest BCUT2D eigenvalue weighted by atomic mass is 10.0. The Hall–Kier alpha value is -4.50. The summed E-state index contributed by atoms with van der Waals surface area (Å²) in [5, 5.41) is 10.2.